The van der Waals surface area contributed by atoms with Gasteiger partial charge in [-0.3, -0.25) is 4.79 Å². The number of amides is 1. The molecule has 1 amide bonds. The molecule has 1 unspecified atom stereocenters. The van der Waals surface area contributed by atoms with Crippen molar-refractivity contribution in [3.63, 3.8) is 0 Å². The van der Waals surface area contributed by atoms with Crippen LogP contribution in [0.15, 0.2) is 46.1 Å². The number of aryl methyl sites for hydroxylation is 1. The van der Waals surface area contributed by atoms with E-state index in [0.29, 0.717) is 12.2 Å². The van der Waals surface area contributed by atoms with Gasteiger partial charge in [0.2, 0.25) is 5.60 Å². The lowest BCUT2D eigenvalue weighted by Crippen LogP contribution is -2.44. The van der Waals surface area contributed by atoms with Gasteiger partial charge in [-0.05, 0) is 18.9 Å². The highest BCUT2D eigenvalue weighted by Gasteiger charge is 2.42. The first-order valence-electron chi connectivity index (χ1n) is 8.14. The van der Waals surface area contributed by atoms with Gasteiger partial charge in [0.15, 0.2) is 5.76 Å². The summed E-state index contributed by atoms with van der Waals surface area (Å²) >= 11 is 0. The Bertz CT molecular complexity index is 739. The van der Waals surface area contributed by atoms with Crippen LogP contribution in [0.5, 0.6) is 0 Å². The Labute approximate surface area is 140 Å². The van der Waals surface area contributed by atoms with Crippen molar-refractivity contribution in [2.75, 3.05) is 0 Å². The van der Waals surface area contributed by atoms with Crippen LogP contribution >= 0.6 is 0 Å². The van der Waals surface area contributed by atoms with E-state index in [9.17, 15) is 4.79 Å². The summed E-state index contributed by atoms with van der Waals surface area (Å²) in [6.45, 7) is 4.11. The van der Waals surface area contributed by atoms with E-state index >= 15 is 0 Å². The van der Waals surface area contributed by atoms with Crippen LogP contribution in [-0.4, -0.2) is 22.4 Å². The van der Waals surface area contributed by atoms with Gasteiger partial charge in [-0.1, -0.05) is 54.0 Å². The first-order chi connectivity index (χ1) is 11.6. The molecule has 0 spiro atoms. The predicted molar refractivity (Wildman–Crippen MR) is 89.4 cm³/mol. The monoisotopic (exact) mass is 327 g/mol. The van der Waals surface area contributed by atoms with Crippen molar-refractivity contribution in [1.82, 2.24) is 10.5 Å². The van der Waals surface area contributed by atoms with Crippen molar-refractivity contribution in [3.05, 3.63) is 53.4 Å². The van der Waals surface area contributed by atoms with Crippen molar-refractivity contribution in [2.45, 2.75) is 45.3 Å². The summed E-state index contributed by atoms with van der Waals surface area (Å²) in [5.74, 6) is 0.420. The summed E-state index contributed by atoms with van der Waals surface area (Å²) in [4.78, 5) is 17.9. The number of carbonyl (C=O) groups excluding carboxylic acids is 1. The smallest absolute Gasteiger partial charge is 0.267 e. The lowest BCUT2D eigenvalue weighted by Gasteiger charge is -2.19. The molecule has 126 valence electrons. The molecular formula is C18H21N3O3. The van der Waals surface area contributed by atoms with Crippen molar-refractivity contribution >= 4 is 11.6 Å². The van der Waals surface area contributed by atoms with Crippen molar-refractivity contribution in [1.29, 1.82) is 0 Å². The molecule has 0 saturated carbocycles. The predicted octanol–water partition coefficient (Wildman–Crippen LogP) is 2.83. The first kappa shape index (κ1) is 16.2. The fourth-order valence-electron chi connectivity index (χ4n) is 2.61. The molecule has 1 N–H and O–H groups in total. The van der Waals surface area contributed by atoms with E-state index in [1.807, 2.05) is 36.4 Å². The molecular weight excluding hydrogens is 306 g/mol. The molecule has 6 heteroatoms. The Morgan fingerprint density at radius 2 is 2.12 bits per heavy atom. The molecule has 0 bridgehead atoms. The maximum Gasteiger partial charge on any atom is 0.267 e. The number of aromatic nitrogens is 1. The maximum atomic E-state index is 12.5. The van der Waals surface area contributed by atoms with Crippen molar-refractivity contribution in [2.24, 2.45) is 5.16 Å². The van der Waals surface area contributed by atoms with E-state index < -0.39 is 5.60 Å². The van der Waals surface area contributed by atoms with Gasteiger partial charge in [0.1, 0.15) is 0 Å². The van der Waals surface area contributed by atoms with Crippen LogP contribution in [0.1, 0.15) is 43.7 Å². The Balaban J connectivity index is 1.57. The van der Waals surface area contributed by atoms with E-state index in [-0.39, 0.29) is 12.5 Å². The summed E-state index contributed by atoms with van der Waals surface area (Å²) in [7, 11) is 0. The molecule has 6 nitrogen and oxygen atoms in total. The van der Waals surface area contributed by atoms with Crippen molar-refractivity contribution in [3.8, 4) is 0 Å². The van der Waals surface area contributed by atoms with Crippen LogP contribution in [-0.2, 0) is 22.6 Å². The van der Waals surface area contributed by atoms with Gasteiger partial charge < -0.3 is 14.7 Å². The van der Waals surface area contributed by atoms with Gasteiger partial charge in [0, 0.05) is 12.5 Å². The lowest BCUT2D eigenvalue weighted by molar-refractivity contribution is -0.142. The molecule has 1 aromatic carbocycles. The van der Waals surface area contributed by atoms with Gasteiger partial charge in [0.05, 0.1) is 18.0 Å². The number of hydrogen-bond acceptors (Lipinski definition) is 5. The number of carbonyl (C=O) groups is 1. The number of oxime groups is 1. The fraction of sp³-hybridized carbons (Fsp3) is 0.389. The minimum atomic E-state index is -1.00. The van der Waals surface area contributed by atoms with Crippen LogP contribution in [0.4, 0.5) is 0 Å². The Kier molecular flexibility index (Phi) is 4.64. The minimum Gasteiger partial charge on any atom is -0.379 e. The molecule has 2 aromatic rings. The lowest BCUT2D eigenvalue weighted by atomic mass is 9.95. The fourth-order valence-corrected chi connectivity index (χ4v) is 2.61. The van der Waals surface area contributed by atoms with E-state index in [0.717, 1.165) is 29.8 Å². The van der Waals surface area contributed by atoms with Crippen molar-refractivity contribution < 1.29 is 14.2 Å². The SMILES string of the molecule is CCCc1cc(CNC(=O)C2(C)CC(c3ccccc3)=NO2)on1. The molecule has 24 heavy (non-hydrogen) atoms. The van der Waals surface area contributed by atoms with Gasteiger partial charge in [-0.25, -0.2) is 0 Å². The number of benzene rings is 1. The van der Waals surface area contributed by atoms with E-state index in [1.54, 1.807) is 6.92 Å². The van der Waals surface area contributed by atoms with E-state index in [2.05, 4.69) is 22.6 Å². The van der Waals surface area contributed by atoms with E-state index in [1.165, 1.54) is 0 Å². The molecule has 2 heterocycles. The van der Waals surface area contributed by atoms with Gasteiger partial charge >= 0.3 is 0 Å². The second kappa shape index (κ2) is 6.86. The van der Waals surface area contributed by atoms with Crippen LogP contribution in [0.3, 0.4) is 0 Å². The largest absolute Gasteiger partial charge is 0.379 e. The third kappa shape index (κ3) is 3.48. The van der Waals surface area contributed by atoms with Crippen LogP contribution in [0.2, 0.25) is 0 Å². The third-order valence-electron chi connectivity index (χ3n) is 3.99. The van der Waals surface area contributed by atoms with E-state index in [4.69, 9.17) is 9.36 Å². The zero-order chi connectivity index (χ0) is 17.0. The Morgan fingerprint density at radius 1 is 1.33 bits per heavy atom. The van der Waals surface area contributed by atoms with Gasteiger partial charge in [-0.15, -0.1) is 0 Å². The molecule has 1 atom stereocenters. The molecule has 0 aliphatic carbocycles. The van der Waals surface area contributed by atoms with Crippen LogP contribution in [0.25, 0.3) is 0 Å². The van der Waals surface area contributed by atoms with Crippen LogP contribution < -0.4 is 5.32 Å². The number of rotatable bonds is 6. The molecule has 1 aliphatic heterocycles. The highest BCUT2D eigenvalue weighted by atomic mass is 16.7. The minimum absolute atomic E-state index is 0.217. The summed E-state index contributed by atoms with van der Waals surface area (Å²) in [6.07, 6.45) is 2.30. The second-order valence-electron chi connectivity index (χ2n) is 6.12. The topological polar surface area (TPSA) is 76.7 Å². The number of nitrogens with one attached hydrogen (secondary N) is 1. The normalized spacial score (nSPS) is 19.7. The summed E-state index contributed by atoms with van der Waals surface area (Å²) in [6, 6.07) is 11.6. The molecule has 0 saturated heterocycles. The molecule has 1 aliphatic rings. The van der Waals surface area contributed by atoms with Crippen LogP contribution in [0, 0.1) is 0 Å². The number of nitrogens with zero attached hydrogens (tertiary/aromatic N) is 2. The molecule has 1 aromatic heterocycles. The summed E-state index contributed by atoms with van der Waals surface area (Å²) in [5, 5.41) is 10.9. The average molecular weight is 327 g/mol. The average Bonchev–Trinajstić information content (AvgIpc) is 3.21. The Morgan fingerprint density at radius 3 is 2.88 bits per heavy atom. The second-order valence-corrected chi connectivity index (χ2v) is 6.12. The molecule has 3 rings (SSSR count). The van der Waals surface area contributed by atoms with Gasteiger partial charge in [0.25, 0.3) is 5.91 Å². The molecule has 0 radical (unpaired) electrons. The zero-order valence-corrected chi connectivity index (χ0v) is 13.9. The molecule has 0 fully saturated rings. The zero-order valence-electron chi connectivity index (χ0n) is 13.9. The standard InChI is InChI=1S/C18H21N3O3/c1-3-7-14-10-15(23-20-14)12-19-17(22)18(2)11-16(21-24-18)13-8-5-4-6-9-13/h4-6,8-10H,3,7,11-12H2,1-2H3,(H,19,22). The number of hydrogen-bond donors (Lipinski definition) is 1. The third-order valence-corrected chi connectivity index (χ3v) is 3.99. The summed E-state index contributed by atoms with van der Waals surface area (Å²) < 4.78 is 5.22. The highest BCUT2D eigenvalue weighted by Crippen LogP contribution is 2.26. The summed E-state index contributed by atoms with van der Waals surface area (Å²) in [5.41, 5.74) is 1.64. The first-order valence-corrected chi connectivity index (χ1v) is 8.14. The maximum absolute atomic E-state index is 12.5. The van der Waals surface area contributed by atoms with Gasteiger partial charge in [-0.2, -0.15) is 0 Å². The highest BCUT2D eigenvalue weighted by molar-refractivity contribution is 6.05. The Hall–Kier alpha value is -2.63. The quantitative estimate of drug-likeness (QED) is 0.885.